The molecule has 5 aromatic carbocycles. The Hall–Kier alpha value is -6.13. The number of nitrogens with zero attached hydrogens (tertiary/aromatic N) is 1. The number of fused-ring (bicyclic) bond motifs is 6. The van der Waals surface area contributed by atoms with Crippen molar-refractivity contribution >= 4 is 40.0 Å². The van der Waals surface area contributed by atoms with Crippen molar-refractivity contribution in [1.29, 1.82) is 0 Å². The van der Waals surface area contributed by atoms with Gasteiger partial charge in [-0.25, -0.2) is 4.98 Å². The Morgan fingerprint density at radius 2 is 1.14 bits per heavy atom. The van der Waals surface area contributed by atoms with Crippen molar-refractivity contribution in [2.75, 3.05) is 10.6 Å². The van der Waals surface area contributed by atoms with Crippen LogP contribution >= 0.6 is 0 Å². The second kappa shape index (κ2) is 11.8. The number of dihydropyridines is 1. The molecule has 4 heteroatoms. The van der Waals surface area contributed by atoms with Gasteiger partial charge in [0.1, 0.15) is 0 Å². The summed E-state index contributed by atoms with van der Waals surface area (Å²) in [5.41, 5.74) is 15.5. The number of rotatable bonds is 4. The Kier molecular flexibility index (Phi) is 6.80. The molecule has 0 saturated heterocycles. The van der Waals surface area contributed by atoms with E-state index < -0.39 is 0 Å². The van der Waals surface area contributed by atoms with Crippen LogP contribution in [0.4, 0.5) is 11.4 Å². The van der Waals surface area contributed by atoms with Gasteiger partial charge in [-0.3, -0.25) is 0 Å². The summed E-state index contributed by atoms with van der Waals surface area (Å²) in [7, 11) is 0. The molecule has 4 heterocycles. The third kappa shape index (κ3) is 5.03. The monoisotopic (exact) mass is 644 g/mol. The van der Waals surface area contributed by atoms with Crippen molar-refractivity contribution < 1.29 is 0 Å². The summed E-state index contributed by atoms with van der Waals surface area (Å²) in [6.45, 7) is 0. The Balaban J connectivity index is 0.950. The fraction of sp³-hybridized carbons (Fsp3) is 0.109. The zero-order valence-electron chi connectivity index (χ0n) is 27.6. The molecule has 0 fully saturated rings. The van der Waals surface area contributed by atoms with Crippen LogP contribution in [0.15, 0.2) is 151 Å². The van der Waals surface area contributed by atoms with Crippen LogP contribution in [0.25, 0.3) is 39.9 Å². The Morgan fingerprint density at radius 3 is 1.86 bits per heavy atom. The lowest BCUT2D eigenvalue weighted by Gasteiger charge is -2.30. The third-order valence-electron chi connectivity index (χ3n) is 10.6. The van der Waals surface area contributed by atoms with E-state index in [1.54, 1.807) is 0 Å². The van der Waals surface area contributed by atoms with Gasteiger partial charge in [0.15, 0.2) is 0 Å². The summed E-state index contributed by atoms with van der Waals surface area (Å²) >= 11 is 0. The number of nitrogens with one attached hydrogen (secondary N) is 3. The van der Waals surface area contributed by atoms with Crippen LogP contribution in [0, 0.1) is 0 Å². The molecule has 3 atom stereocenters. The van der Waals surface area contributed by atoms with Crippen molar-refractivity contribution in [1.82, 2.24) is 10.3 Å². The molecule has 3 aliphatic heterocycles. The van der Waals surface area contributed by atoms with E-state index in [0.717, 1.165) is 41.2 Å². The molecule has 3 unspecified atom stereocenters. The highest BCUT2D eigenvalue weighted by atomic mass is 15.0. The first kappa shape index (κ1) is 28.8. The van der Waals surface area contributed by atoms with Crippen molar-refractivity contribution in [2.45, 2.75) is 31.0 Å². The quantitative estimate of drug-likeness (QED) is 0.179. The summed E-state index contributed by atoms with van der Waals surface area (Å²) in [5, 5.41) is 14.0. The van der Waals surface area contributed by atoms with E-state index in [-0.39, 0.29) is 18.1 Å². The highest BCUT2D eigenvalue weighted by Crippen LogP contribution is 2.43. The molecule has 0 spiro atoms. The van der Waals surface area contributed by atoms with Gasteiger partial charge in [0.25, 0.3) is 0 Å². The van der Waals surface area contributed by atoms with Crippen LogP contribution in [0.3, 0.4) is 0 Å². The van der Waals surface area contributed by atoms with Gasteiger partial charge in [-0.1, -0.05) is 140 Å². The van der Waals surface area contributed by atoms with Crippen molar-refractivity contribution in [3.05, 3.63) is 190 Å². The lowest BCUT2D eigenvalue weighted by atomic mass is 9.88. The number of aromatic nitrogens is 1. The maximum absolute atomic E-state index is 5.32. The number of anilines is 2. The standard InChI is InChI=1S/C46H36N4/c1-3-7-30(8-4-1)39-23-19-32-13-15-34-21-25-41(49-45(34)43(32)47-39)36-17-11-29-12-18-37(28-38(29)27-36)42-26-22-35-16-14-33-20-24-40(31-9-5-2-6-10-31)48-44(33)46(35)50-42/h1-13,15,17-28,39-41,47-49H,14,16H2. The first-order chi connectivity index (χ1) is 24.7. The molecule has 1 aromatic heterocycles. The molecule has 1 aliphatic carbocycles. The van der Waals surface area contributed by atoms with Crippen LogP contribution in [-0.4, -0.2) is 4.98 Å². The maximum atomic E-state index is 5.32. The minimum atomic E-state index is 0.0557. The summed E-state index contributed by atoms with van der Waals surface area (Å²) in [4.78, 5) is 5.32. The fourth-order valence-corrected chi connectivity index (χ4v) is 7.91. The highest BCUT2D eigenvalue weighted by molar-refractivity contribution is 5.91. The van der Waals surface area contributed by atoms with E-state index in [4.69, 9.17) is 4.98 Å². The van der Waals surface area contributed by atoms with E-state index in [1.165, 1.54) is 55.4 Å². The van der Waals surface area contributed by atoms with E-state index in [9.17, 15) is 0 Å². The zero-order chi connectivity index (χ0) is 33.0. The molecule has 3 N–H and O–H groups in total. The molecular formula is C46H36N4. The van der Waals surface area contributed by atoms with Gasteiger partial charge < -0.3 is 16.0 Å². The second-order valence-electron chi connectivity index (χ2n) is 13.7. The van der Waals surface area contributed by atoms with E-state index >= 15 is 0 Å². The molecule has 4 aliphatic rings. The second-order valence-corrected chi connectivity index (χ2v) is 13.7. The molecule has 10 rings (SSSR count). The number of hydrogen-bond acceptors (Lipinski definition) is 4. The SMILES string of the molecule is C1=CC(c2ccccc2)NC2=C1CCc1ccc(-c3ccc4ccc(C5C=Cc6ccc7c(c6N5)NC(c5ccccc5)C=C7)cc4c3)nc12. The predicted molar refractivity (Wildman–Crippen MR) is 208 cm³/mol. The van der Waals surface area contributed by atoms with E-state index in [1.807, 2.05) is 0 Å². The molecule has 0 radical (unpaired) electrons. The maximum Gasteiger partial charge on any atom is 0.0903 e. The van der Waals surface area contributed by atoms with Gasteiger partial charge in [-0.2, -0.15) is 0 Å². The predicted octanol–water partition coefficient (Wildman–Crippen LogP) is 10.8. The van der Waals surface area contributed by atoms with Crippen LogP contribution in [0.2, 0.25) is 0 Å². The van der Waals surface area contributed by atoms with Gasteiger partial charge in [-0.15, -0.1) is 0 Å². The highest BCUT2D eigenvalue weighted by Gasteiger charge is 2.26. The molecule has 0 amide bonds. The largest absolute Gasteiger partial charge is 0.373 e. The number of benzene rings is 5. The van der Waals surface area contributed by atoms with Crippen molar-refractivity contribution in [3.8, 4) is 11.3 Å². The Labute approximate surface area is 292 Å². The fourth-order valence-electron chi connectivity index (χ4n) is 7.91. The minimum Gasteiger partial charge on any atom is -0.373 e. The van der Waals surface area contributed by atoms with Crippen LogP contribution in [0.1, 0.15) is 63.6 Å². The molecule has 50 heavy (non-hydrogen) atoms. The Bertz CT molecular complexity index is 2420. The normalized spacial score (nSPS) is 19.8. The topological polar surface area (TPSA) is 49.0 Å². The van der Waals surface area contributed by atoms with Crippen LogP contribution < -0.4 is 16.0 Å². The van der Waals surface area contributed by atoms with Gasteiger partial charge in [0.05, 0.1) is 46.6 Å². The number of allylic oxidation sites excluding steroid dienone is 2. The van der Waals surface area contributed by atoms with E-state index in [0.29, 0.717) is 0 Å². The van der Waals surface area contributed by atoms with E-state index in [2.05, 4.69) is 174 Å². The summed E-state index contributed by atoms with van der Waals surface area (Å²) in [6, 6.07) is 44.1. The summed E-state index contributed by atoms with van der Waals surface area (Å²) in [5.74, 6) is 0. The van der Waals surface area contributed by atoms with Gasteiger partial charge in [-0.05, 0) is 80.8 Å². The summed E-state index contributed by atoms with van der Waals surface area (Å²) in [6.07, 6.45) is 15.6. The number of hydrogen-bond donors (Lipinski definition) is 3. The molecule has 4 nitrogen and oxygen atoms in total. The van der Waals surface area contributed by atoms with Crippen LogP contribution in [0.5, 0.6) is 0 Å². The minimum absolute atomic E-state index is 0.0557. The zero-order valence-corrected chi connectivity index (χ0v) is 27.6. The number of aryl methyl sites for hydroxylation is 1. The van der Waals surface area contributed by atoms with Gasteiger partial charge in [0.2, 0.25) is 0 Å². The molecule has 0 saturated carbocycles. The lowest BCUT2D eigenvalue weighted by molar-refractivity contribution is 0.732. The first-order valence-corrected chi connectivity index (χ1v) is 17.6. The van der Waals surface area contributed by atoms with Crippen LogP contribution in [-0.2, 0) is 6.42 Å². The first-order valence-electron chi connectivity index (χ1n) is 17.6. The Morgan fingerprint density at radius 1 is 0.500 bits per heavy atom. The van der Waals surface area contributed by atoms with Gasteiger partial charge in [0, 0.05) is 5.56 Å². The molecule has 0 bridgehead atoms. The summed E-state index contributed by atoms with van der Waals surface area (Å²) < 4.78 is 0. The average Bonchev–Trinajstić information content (AvgIpc) is 3.20. The van der Waals surface area contributed by atoms with Gasteiger partial charge >= 0.3 is 0 Å². The van der Waals surface area contributed by atoms with Crippen molar-refractivity contribution in [2.24, 2.45) is 0 Å². The average molecular weight is 645 g/mol. The smallest absolute Gasteiger partial charge is 0.0903 e. The third-order valence-corrected chi connectivity index (χ3v) is 10.6. The molecule has 6 aromatic rings. The molecular weight excluding hydrogens is 609 g/mol. The van der Waals surface area contributed by atoms with Crippen molar-refractivity contribution in [3.63, 3.8) is 0 Å². The lowest BCUT2D eigenvalue weighted by Crippen LogP contribution is -2.26. The molecule has 240 valence electrons. The number of pyridine rings is 1.